The Morgan fingerprint density at radius 3 is 3.00 bits per heavy atom. The summed E-state index contributed by atoms with van der Waals surface area (Å²) in [5.74, 6) is 1.42. The normalized spacial score (nSPS) is 28.8. The standard InChI is InChI=1S/C11H18ClN3O2S/c1-6(2)8(5-16)13-10-9-7(3-4-18(9)17)14-11(12)15-10/h6,8,11,14,16H,3-5H2,1-2H3,(H,13,15)/t8-,11?,18?/m0/s1. The fourth-order valence-electron chi connectivity index (χ4n) is 1.99. The minimum Gasteiger partial charge on any atom is -0.394 e. The number of nitrogens with one attached hydrogen (secondary N) is 2. The molecule has 7 heteroatoms. The molecule has 2 rings (SSSR count). The Labute approximate surface area is 114 Å². The van der Waals surface area contributed by atoms with Gasteiger partial charge in [-0.15, -0.1) is 0 Å². The van der Waals surface area contributed by atoms with Crippen LogP contribution in [-0.4, -0.2) is 39.2 Å². The van der Waals surface area contributed by atoms with E-state index >= 15 is 0 Å². The highest BCUT2D eigenvalue weighted by molar-refractivity contribution is 7.90. The van der Waals surface area contributed by atoms with Crippen molar-refractivity contribution in [2.75, 3.05) is 12.4 Å². The zero-order valence-corrected chi connectivity index (χ0v) is 12.0. The Morgan fingerprint density at radius 2 is 2.39 bits per heavy atom. The van der Waals surface area contributed by atoms with E-state index in [9.17, 15) is 9.32 Å². The van der Waals surface area contributed by atoms with E-state index < -0.39 is 16.4 Å². The van der Waals surface area contributed by atoms with E-state index in [1.54, 1.807) is 0 Å². The van der Waals surface area contributed by atoms with E-state index in [0.717, 1.165) is 12.1 Å². The third kappa shape index (κ3) is 2.70. The first-order valence-corrected chi connectivity index (χ1v) is 7.76. The second-order valence-electron chi connectivity index (χ2n) is 4.74. The molecule has 0 spiro atoms. The Morgan fingerprint density at radius 1 is 1.67 bits per heavy atom. The molecule has 0 bridgehead atoms. The predicted molar refractivity (Wildman–Crippen MR) is 73.7 cm³/mol. The van der Waals surface area contributed by atoms with Gasteiger partial charge in [-0.05, 0) is 5.92 Å². The van der Waals surface area contributed by atoms with Crippen molar-refractivity contribution in [2.24, 2.45) is 10.9 Å². The molecule has 102 valence electrons. The third-order valence-corrected chi connectivity index (χ3v) is 4.79. The molecule has 0 aliphatic carbocycles. The first-order chi connectivity index (χ1) is 8.52. The summed E-state index contributed by atoms with van der Waals surface area (Å²) in [6.45, 7) is 4.02. The molecular weight excluding hydrogens is 274 g/mol. The molecular formula is C11H18ClN3O2S. The van der Waals surface area contributed by atoms with Gasteiger partial charge in [-0.25, -0.2) is 4.99 Å². The van der Waals surface area contributed by atoms with Crippen molar-refractivity contribution < 1.29 is 9.32 Å². The summed E-state index contributed by atoms with van der Waals surface area (Å²) < 4.78 is 12.0. The molecule has 2 unspecified atom stereocenters. The molecule has 0 saturated heterocycles. The molecule has 0 fully saturated rings. The Balaban J connectivity index is 2.22. The Bertz CT molecular complexity index is 423. The van der Waals surface area contributed by atoms with Crippen LogP contribution in [0.3, 0.4) is 0 Å². The summed E-state index contributed by atoms with van der Waals surface area (Å²) in [4.78, 5) is 4.96. The van der Waals surface area contributed by atoms with Gasteiger partial charge in [0.05, 0.1) is 28.4 Å². The zero-order valence-electron chi connectivity index (χ0n) is 10.4. The lowest BCUT2D eigenvalue weighted by Gasteiger charge is -2.26. The van der Waals surface area contributed by atoms with Crippen molar-refractivity contribution in [3.8, 4) is 0 Å². The number of aliphatic imine (C=N–C) groups is 1. The summed E-state index contributed by atoms with van der Waals surface area (Å²) in [7, 11) is -1.03. The lowest BCUT2D eigenvalue weighted by molar-refractivity contribution is 0.226. The highest BCUT2D eigenvalue weighted by Crippen LogP contribution is 2.26. The van der Waals surface area contributed by atoms with E-state index in [1.165, 1.54) is 0 Å². The smallest absolute Gasteiger partial charge is 0.197 e. The van der Waals surface area contributed by atoms with Crippen LogP contribution in [-0.2, 0) is 10.8 Å². The predicted octanol–water partition coefficient (Wildman–Crippen LogP) is 0.481. The topological polar surface area (TPSA) is 73.7 Å². The molecule has 2 heterocycles. The fraction of sp³-hybridized carbons (Fsp3) is 0.727. The highest BCUT2D eigenvalue weighted by Gasteiger charge is 2.32. The number of nitrogens with zero attached hydrogens (tertiary/aromatic N) is 1. The number of alkyl halides is 1. The number of allylic oxidation sites excluding steroid dienone is 1. The van der Waals surface area contributed by atoms with Gasteiger partial charge in [0, 0.05) is 17.9 Å². The van der Waals surface area contributed by atoms with Gasteiger partial charge >= 0.3 is 0 Å². The van der Waals surface area contributed by atoms with Crippen LogP contribution in [0.1, 0.15) is 20.3 Å². The molecule has 0 aromatic rings. The minimum absolute atomic E-state index is 0.00627. The first-order valence-electron chi connectivity index (χ1n) is 6.00. The van der Waals surface area contributed by atoms with Gasteiger partial charge in [0.25, 0.3) is 0 Å². The average molecular weight is 292 g/mol. The molecule has 3 N–H and O–H groups in total. The summed E-state index contributed by atoms with van der Waals surface area (Å²) >= 11 is 6.00. The maximum atomic E-state index is 12.0. The maximum Gasteiger partial charge on any atom is 0.197 e. The van der Waals surface area contributed by atoms with Crippen molar-refractivity contribution in [1.29, 1.82) is 0 Å². The molecule has 5 nitrogen and oxygen atoms in total. The zero-order chi connectivity index (χ0) is 13.3. The Hall–Kier alpha value is -0.590. The van der Waals surface area contributed by atoms with Gasteiger partial charge in [0.15, 0.2) is 5.62 Å². The van der Waals surface area contributed by atoms with Crippen molar-refractivity contribution in [3.05, 3.63) is 10.6 Å². The van der Waals surface area contributed by atoms with E-state index in [-0.39, 0.29) is 18.6 Å². The van der Waals surface area contributed by atoms with Crippen LogP contribution in [0.25, 0.3) is 0 Å². The highest BCUT2D eigenvalue weighted by atomic mass is 35.5. The van der Waals surface area contributed by atoms with Gasteiger partial charge in [-0.3, -0.25) is 4.21 Å². The van der Waals surface area contributed by atoms with E-state index in [2.05, 4.69) is 15.6 Å². The van der Waals surface area contributed by atoms with Crippen molar-refractivity contribution in [3.63, 3.8) is 0 Å². The molecule has 0 saturated carbocycles. The average Bonchev–Trinajstić information content (AvgIpc) is 2.67. The lowest BCUT2D eigenvalue weighted by Crippen LogP contribution is -2.45. The fourth-order valence-corrected chi connectivity index (χ4v) is 3.57. The van der Waals surface area contributed by atoms with Gasteiger partial charge in [0.1, 0.15) is 5.84 Å². The second-order valence-corrected chi connectivity index (χ2v) is 6.66. The number of aliphatic hydroxyl groups is 1. The van der Waals surface area contributed by atoms with Crippen LogP contribution in [0.4, 0.5) is 0 Å². The minimum atomic E-state index is -1.03. The number of rotatable bonds is 3. The van der Waals surface area contributed by atoms with Crippen molar-refractivity contribution in [2.45, 2.75) is 31.9 Å². The van der Waals surface area contributed by atoms with Crippen LogP contribution in [0.5, 0.6) is 0 Å². The van der Waals surface area contributed by atoms with E-state index in [4.69, 9.17) is 11.6 Å². The van der Waals surface area contributed by atoms with Crippen LogP contribution < -0.4 is 10.6 Å². The molecule has 2 aliphatic heterocycles. The number of amidine groups is 1. The third-order valence-electron chi connectivity index (χ3n) is 3.11. The first kappa shape index (κ1) is 13.8. The second kappa shape index (κ2) is 5.59. The van der Waals surface area contributed by atoms with Gasteiger partial charge in [0.2, 0.25) is 0 Å². The largest absolute Gasteiger partial charge is 0.394 e. The molecule has 18 heavy (non-hydrogen) atoms. The number of halogens is 1. The number of aliphatic hydroxyl groups excluding tert-OH is 1. The van der Waals surface area contributed by atoms with Gasteiger partial charge in [-0.1, -0.05) is 25.4 Å². The molecule has 0 aromatic heterocycles. The van der Waals surface area contributed by atoms with Crippen LogP contribution in [0.2, 0.25) is 0 Å². The monoisotopic (exact) mass is 291 g/mol. The Kier molecular flexibility index (Phi) is 4.29. The molecule has 0 amide bonds. The molecule has 0 aromatic carbocycles. The number of hydrogen-bond donors (Lipinski definition) is 3. The SMILES string of the molecule is CC(C)[C@H](CO)NC1=NC(Cl)NC2=C1S(=O)CC2. The van der Waals surface area contributed by atoms with Gasteiger partial charge in [-0.2, -0.15) is 0 Å². The maximum absolute atomic E-state index is 12.0. The molecule has 2 aliphatic rings. The van der Waals surface area contributed by atoms with E-state index in [1.807, 2.05) is 13.8 Å². The van der Waals surface area contributed by atoms with Crippen LogP contribution in [0.15, 0.2) is 15.6 Å². The van der Waals surface area contributed by atoms with Crippen LogP contribution in [0, 0.1) is 5.92 Å². The van der Waals surface area contributed by atoms with E-state index in [0.29, 0.717) is 16.5 Å². The molecule has 3 atom stereocenters. The molecule has 0 radical (unpaired) electrons. The summed E-state index contributed by atoms with van der Waals surface area (Å²) in [5.41, 5.74) is 0.374. The summed E-state index contributed by atoms with van der Waals surface area (Å²) in [6.07, 6.45) is 0.733. The summed E-state index contributed by atoms with van der Waals surface area (Å²) in [5, 5.41) is 15.5. The quantitative estimate of drug-likeness (QED) is 0.522. The van der Waals surface area contributed by atoms with Gasteiger partial charge < -0.3 is 15.7 Å². The lowest BCUT2D eigenvalue weighted by atomic mass is 10.1. The van der Waals surface area contributed by atoms with Crippen molar-refractivity contribution in [1.82, 2.24) is 10.6 Å². The van der Waals surface area contributed by atoms with Crippen molar-refractivity contribution >= 4 is 28.2 Å². The number of hydrogen-bond acceptors (Lipinski definition) is 5. The van der Waals surface area contributed by atoms with Crippen LogP contribution >= 0.6 is 11.6 Å². The summed E-state index contributed by atoms with van der Waals surface area (Å²) in [6, 6.07) is -0.114.